The van der Waals surface area contributed by atoms with E-state index in [4.69, 9.17) is 4.52 Å². The maximum atomic E-state index is 12.5. The topological polar surface area (TPSA) is 88.3 Å². The van der Waals surface area contributed by atoms with E-state index in [1.165, 1.54) is 0 Å². The molecule has 0 saturated heterocycles. The molecule has 25 heavy (non-hydrogen) atoms. The number of para-hydroxylation sites is 1. The Kier molecular flexibility index (Phi) is 4.83. The number of nitrogens with zero attached hydrogens (tertiary/aromatic N) is 3. The van der Waals surface area contributed by atoms with Crippen molar-refractivity contribution in [2.24, 2.45) is 0 Å². The highest BCUT2D eigenvalue weighted by Gasteiger charge is 2.32. The van der Waals surface area contributed by atoms with Crippen molar-refractivity contribution in [3.05, 3.63) is 41.5 Å². The summed E-state index contributed by atoms with van der Waals surface area (Å²) in [6.07, 6.45) is 0.395. The SMILES string of the molecule is CC(C)c1noc(CCNC(=O)C(=O)N2C[C@@H](C)c3ccccc32)n1. The summed E-state index contributed by atoms with van der Waals surface area (Å²) in [6, 6.07) is 7.68. The number of rotatable bonds is 4. The largest absolute Gasteiger partial charge is 0.347 e. The Morgan fingerprint density at radius 3 is 2.84 bits per heavy atom. The summed E-state index contributed by atoms with van der Waals surface area (Å²) >= 11 is 0. The highest BCUT2D eigenvalue weighted by atomic mass is 16.5. The Morgan fingerprint density at radius 1 is 1.36 bits per heavy atom. The smallest absolute Gasteiger partial charge is 0.316 e. The Hall–Kier alpha value is -2.70. The van der Waals surface area contributed by atoms with Crippen LogP contribution >= 0.6 is 0 Å². The predicted octanol–water partition coefficient (Wildman–Crippen LogP) is 2.00. The molecule has 2 amide bonds. The van der Waals surface area contributed by atoms with Crippen LogP contribution in [-0.2, 0) is 16.0 Å². The number of benzene rings is 1. The number of amides is 2. The number of hydrogen-bond donors (Lipinski definition) is 1. The lowest BCUT2D eigenvalue weighted by Gasteiger charge is -2.16. The molecule has 1 N–H and O–H groups in total. The lowest BCUT2D eigenvalue weighted by Crippen LogP contribution is -2.43. The van der Waals surface area contributed by atoms with Crippen molar-refractivity contribution in [2.75, 3.05) is 18.0 Å². The third kappa shape index (κ3) is 3.55. The fraction of sp³-hybridized carbons (Fsp3) is 0.444. The van der Waals surface area contributed by atoms with Crippen molar-refractivity contribution in [1.29, 1.82) is 0 Å². The van der Waals surface area contributed by atoms with Gasteiger partial charge in [-0.2, -0.15) is 4.98 Å². The van der Waals surface area contributed by atoms with Crippen LogP contribution in [0.2, 0.25) is 0 Å². The molecule has 3 rings (SSSR count). The lowest BCUT2D eigenvalue weighted by molar-refractivity contribution is -0.137. The number of aromatic nitrogens is 2. The predicted molar refractivity (Wildman–Crippen MR) is 92.3 cm³/mol. The summed E-state index contributed by atoms with van der Waals surface area (Å²) in [6.45, 7) is 6.79. The Balaban J connectivity index is 1.56. The fourth-order valence-electron chi connectivity index (χ4n) is 2.90. The molecular formula is C18H22N4O3. The Bertz CT molecular complexity index is 784. The summed E-state index contributed by atoms with van der Waals surface area (Å²) < 4.78 is 5.12. The van der Waals surface area contributed by atoms with E-state index in [0.29, 0.717) is 24.7 Å². The van der Waals surface area contributed by atoms with Crippen molar-refractivity contribution < 1.29 is 14.1 Å². The lowest BCUT2D eigenvalue weighted by atomic mass is 10.0. The molecule has 2 aromatic rings. The summed E-state index contributed by atoms with van der Waals surface area (Å²) in [7, 11) is 0. The average Bonchev–Trinajstić information content (AvgIpc) is 3.20. The maximum absolute atomic E-state index is 12.5. The van der Waals surface area contributed by atoms with Gasteiger partial charge in [-0.05, 0) is 11.6 Å². The number of carbonyl (C=O) groups is 2. The van der Waals surface area contributed by atoms with Crippen molar-refractivity contribution >= 4 is 17.5 Å². The molecule has 0 spiro atoms. The number of fused-ring (bicyclic) bond motifs is 1. The molecule has 2 heterocycles. The second-order valence-electron chi connectivity index (χ2n) is 6.58. The van der Waals surface area contributed by atoms with Crippen LogP contribution in [0, 0.1) is 0 Å². The van der Waals surface area contributed by atoms with Crippen LogP contribution in [0.1, 0.15) is 49.9 Å². The Labute approximate surface area is 146 Å². The molecule has 0 bridgehead atoms. The highest BCUT2D eigenvalue weighted by molar-refractivity contribution is 6.40. The molecule has 0 radical (unpaired) electrons. The van der Waals surface area contributed by atoms with Gasteiger partial charge in [0, 0.05) is 37.0 Å². The first-order valence-corrected chi connectivity index (χ1v) is 8.48. The molecule has 1 aliphatic rings. The molecule has 7 nitrogen and oxygen atoms in total. The van der Waals surface area contributed by atoms with E-state index in [1.54, 1.807) is 4.90 Å². The van der Waals surface area contributed by atoms with Gasteiger partial charge in [0.2, 0.25) is 5.89 Å². The first kappa shape index (κ1) is 17.1. The van der Waals surface area contributed by atoms with Crippen LogP contribution in [0.5, 0.6) is 0 Å². The summed E-state index contributed by atoms with van der Waals surface area (Å²) in [5, 5.41) is 6.50. The van der Waals surface area contributed by atoms with Gasteiger partial charge in [-0.15, -0.1) is 0 Å². The standard InChI is InChI=1S/C18H22N4O3/c1-11(2)16-20-15(25-21-16)8-9-19-17(23)18(24)22-10-12(3)13-6-4-5-7-14(13)22/h4-7,11-12H,8-10H2,1-3H3,(H,19,23)/t12-/m1/s1. The van der Waals surface area contributed by atoms with Crippen molar-refractivity contribution in [3.63, 3.8) is 0 Å². The molecule has 1 atom stereocenters. The molecule has 7 heteroatoms. The van der Waals surface area contributed by atoms with E-state index < -0.39 is 11.8 Å². The molecule has 1 aromatic carbocycles. The first-order chi connectivity index (χ1) is 12.0. The van der Waals surface area contributed by atoms with Crippen LogP contribution in [0.15, 0.2) is 28.8 Å². The number of anilines is 1. The zero-order valence-corrected chi connectivity index (χ0v) is 14.7. The molecule has 1 aromatic heterocycles. The van der Waals surface area contributed by atoms with Crippen LogP contribution in [0.4, 0.5) is 5.69 Å². The molecule has 0 saturated carbocycles. The normalized spacial score (nSPS) is 16.2. The molecule has 0 unspecified atom stereocenters. The van der Waals surface area contributed by atoms with Crippen LogP contribution in [0.25, 0.3) is 0 Å². The first-order valence-electron chi connectivity index (χ1n) is 8.48. The second kappa shape index (κ2) is 7.04. The van der Waals surface area contributed by atoms with E-state index >= 15 is 0 Å². The third-order valence-corrected chi connectivity index (χ3v) is 4.28. The van der Waals surface area contributed by atoms with Crippen molar-refractivity contribution in [1.82, 2.24) is 15.5 Å². The minimum Gasteiger partial charge on any atom is -0.347 e. The van der Waals surface area contributed by atoms with Gasteiger partial charge in [-0.1, -0.05) is 44.1 Å². The van der Waals surface area contributed by atoms with Gasteiger partial charge in [0.05, 0.1) is 0 Å². The van der Waals surface area contributed by atoms with Gasteiger partial charge in [0.25, 0.3) is 0 Å². The van der Waals surface area contributed by atoms with Gasteiger partial charge in [-0.25, -0.2) is 0 Å². The highest BCUT2D eigenvalue weighted by Crippen LogP contribution is 2.35. The van der Waals surface area contributed by atoms with E-state index in [2.05, 4.69) is 15.5 Å². The van der Waals surface area contributed by atoms with Crippen molar-refractivity contribution in [3.8, 4) is 0 Å². The van der Waals surface area contributed by atoms with Gasteiger partial charge in [0.15, 0.2) is 5.82 Å². The molecule has 0 fully saturated rings. The van der Waals surface area contributed by atoms with Crippen LogP contribution in [-0.4, -0.2) is 35.0 Å². The zero-order valence-electron chi connectivity index (χ0n) is 14.7. The number of nitrogens with one attached hydrogen (secondary N) is 1. The van der Waals surface area contributed by atoms with Crippen molar-refractivity contribution in [2.45, 2.75) is 39.0 Å². The monoisotopic (exact) mass is 342 g/mol. The molecule has 0 aliphatic carbocycles. The van der Waals surface area contributed by atoms with Gasteiger partial charge in [-0.3, -0.25) is 9.59 Å². The van der Waals surface area contributed by atoms with Gasteiger partial charge in [0.1, 0.15) is 0 Å². The number of hydrogen-bond acceptors (Lipinski definition) is 5. The van der Waals surface area contributed by atoms with Crippen LogP contribution in [0.3, 0.4) is 0 Å². The van der Waals surface area contributed by atoms with Crippen LogP contribution < -0.4 is 10.2 Å². The molecule has 132 valence electrons. The van der Waals surface area contributed by atoms with E-state index in [1.807, 2.05) is 45.0 Å². The summed E-state index contributed by atoms with van der Waals surface area (Å²) in [4.78, 5) is 30.4. The molecular weight excluding hydrogens is 320 g/mol. The second-order valence-corrected chi connectivity index (χ2v) is 6.58. The van der Waals surface area contributed by atoms with E-state index in [-0.39, 0.29) is 18.4 Å². The number of carbonyl (C=O) groups excluding carboxylic acids is 2. The average molecular weight is 342 g/mol. The maximum Gasteiger partial charge on any atom is 0.316 e. The van der Waals surface area contributed by atoms with E-state index in [0.717, 1.165) is 11.3 Å². The van der Waals surface area contributed by atoms with Gasteiger partial charge >= 0.3 is 11.8 Å². The minimum absolute atomic E-state index is 0.186. The fourth-order valence-corrected chi connectivity index (χ4v) is 2.90. The van der Waals surface area contributed by atoms with Gasteiger partial charge < -0.3 is 14.7 Å². The third-order valence-electron chi connectivity index (χ3n) is 4.28. The zero-order chi connectivity index (χ0) is 18.0. The minimum atomic E-state index is -0.618. The quantitative estimate of drug-likeness (QED) is 0.859. The Morgan fingerprint density at radius 2 is 2.12 bits per heavy atom. The molecule has 1 aliphatic heterocycles. The van der Waals surface area contributed by atoms with E-state index in [9.17, 15) is 9.59 Å². The summed E-state index contributed by atoms with van der Waals surface area (Å²) in [5.41, 5.74) is 1.91. The summed E-state index contributed by atoms with van der Waals surface area (Å²) in [5.74, 6) is 0.348.